The highest BCUT2D eigenvalue weighted by Crippen LogP contribution is 2.47. The highest BCUT2D eigenvalue weighted by atomic mass is 35.5. The summed E-state index contributed by atoms with van der Waals surface area (Å²) in [5, 5.41) is 15.4. The van der Waals surface area contributed by atoms with Gasteiger partial charge in [-0.3, -0.25) is 9.78 Å². The lowest BCUT2D eigenvalue weighted by molar-refractivity contribution is -0.754. The molecule has 3 aromatic rings. The summed E-state index contributed by atoms with van der Waals surface area (Å²) in [7, 11) is 1.51. The van der Waals surface area contributed by atoms with E-state index in [1.54, 1.807) is 12.1 Å². The third-order valence-corrected chi connectivity index (χ3v) is 8.23. The Morgan fingerprint density at radius 3 is 2.74 bits per heavy atom. The van der Waals surface area contributed by atoms with Crippen molar-refractivity contribution in [2.75, 3.05) is 32.2 Å². The van der Waals surface area contributed by atoms with Crippen LogP contribution in [0.25, 0.3) is 11.0 Å². The van der Waals surface area contributed by atoms with Gasteiger partial charge in [0.05, 0.1) is 42.2 Å². The maximum Gasteiger partial charge on any atom is 0.263 e. The van der Waals surface area contributed by atoms with Crippen LogP contribution in [0.1, 0.15) is 49.3 Å². The van der Waals surface area contributed by atoms with E-state index < -0.39 is 17.3 Å². The molecule has 6 heterocycles. The zero-order valence-electron chi connectivity index (χ0n) is 21.6. The Bertz CT molecular complexity index is 1370. The van der Waals surface area contributed by atoms with Gasteiger partial charge in [0.25, 0.3) is 5.91 Å². The number of nitrogens with two attached hydrogens (primary N) is 1. The molecule has 1 amide bonds. The van der Waals surface area contributed by atoms with Crippen molar-refractivity contribution in [3.05, 3.63) is 47.5 Å². The van der Waals surface area contributed by atoms with Gasteiger partial charge in [0.15, 0.2) is 18.2 Å². The molecular formula is C27H31ClFN5O5. The lowest BCUT2D eigenvalue weighted by atomic mass is 9.67. The summed E-state index contributed by atoms with van der Waals surface area (Å²) < 4.78 is 32.2. The number of nitrogens with zero attached hydrogens (tertiary/aromatic N) is 3. The fourth-order valence-corrected chi connectivity index (χ4v) is 6.01. The second-order valence-electron chi connectivity index (χ2n) is 10.6. The molecule has 4 N–H and O–H groups in total. The molecule has 2 saturated heterocycles. The van der Waals surface area contributed by atoms with E-state index in [1.165, 1.54) is 13.3 Å². The minimum Gasteiger partial charge on any atom is -1.00 e. The number of quaternary nitrogens is 1. The quantitative estimate of drug-likeness (QED) is 0.314. The number of pyridine rings is 3. The molecule has 3 aliphatic heterocycles. The highest BCUT2D eigenvalue weighted by molar-refractivity contribution is 5.94. The van der Waals surface area contributed by atoms with Crippen LogP contribution in [0.5, 0.6) is 11.6 Å². The monoisotopic (exact) mass is 559 g/mol. The summed E-state index contributed by atoms with van der Waals surface area (Å²) in [5.41, 5.74) is 1.70. The smallest absolute Gasteiger partial charge is 0.263 e. The number of carbonyl (C=O) groups excluding carboxylic acids is 1. The van der Waals surface area contributed by atoms with Crippen molar-refractivity contribution in [3.63, 3.8) is 0 Å². The van der Waals surface area contributed by atoms with Gasteiger partial charge in [-0.2, -0.15) is 0 Å². The Labute approximate surface area is 231 Å². The van der Waals surface area contributed by atoms with E-state index in [1.807, 2.05) is 12.1 Å². The molecule has 12 heteroatoms. The molecule has 1 aliphatic carbocycles. The number of anilines is 1. The molecule has 3 aromatic heterocycles. The zero-order valence-corrected chi connectivity index (χ0v) is 22.3. The number of nitrogens with one attached hydrogen (secondary N) is 1. The molecule has 39 heavy (non-hydrogen) atoms. The van der Waals surface area contributed by atoms with E-state index in [-0.39, 0.29) is 37.1 Å². The van der Waals surface area contributed by atoms with E-state index in [9.17, 15) is 9.90 Å². The van der Waals surface area contributed by atoms with Crippen molar-refractivity contribution in [2.24, 2.45) is 0 Å². The van der Waals surface area contributed by atoms with Crippen molar-refractivity contribution in [2.45, 2.75) is 55.7 Å². The number of fused-ring (bicyclic) bond motifs is 5. The lowest BCUT2D eigenvalue weighted by Gasteiger charge is -2.52. The van der Waals surface area contributed by atoms with E-state index >= 15 is 4.39 Å². The van der Waals surface area contributed by atoms with E-state index in [2.05, 4.69) is 25.6 Å². The van der Waals surface area contributed by atoms with Gasteiger partial charge in [0.1, 0.15) is 24.5 Å². The molecule has 1 unspecified atom stereocenters. The number of methoxy groups -OCH3 is 1. The van der Waals surface area contributed by atoms with Gasteiger partial charge < -0.3 is 42.4 Å². The predicted molar refractivity (Wildman–Crippen MR) is 134 cm³/mol. The average molecular weight is 560 g/mol. The van der Waals surface area contributed by atoms with Gasteiger partial charge >= 0.3 is 0 Å². The minimum atomic E-state index is -0.484. The van der Waals surface area contributed by atoms with Crippen molar-refractivity contribution in [3.8, 4) is 11.6 Å². The Hall–Kier alpha value is -3.12. The molecule has 208 valence electrons. The predicted octanol–water partition coefficient (Wildman–Crippen LogP) is -1.18. The molecule has 0 aromatic carbocycles. The van der Waals surface area contributed by atoms with Gasteiger partial charge in [-0.15, -0.1) is 0 Å². The normalized spacial score (nSPS) is 24.3. The number of ether oxygens (including phenoxy) is 3. The summed E-state index contributed by atoms with van der Waals surface area (Å²) in [6.45, 7) is 1.01. The number of hydrogen-bond donors (Lipinski definition) is 3. The average Bonchev–Trinajstić information content (AvgIpc) is 2.95. The molecule has 0 radical (unpaired) electrons. The fraction of sp³-hybridized carbons (Fsp3) is 0.481. The van der Waals surface area contributed by atoms with Gasteiger partial charge in [0.2, 0.25) is 5.88 Å². The molecular weight excluding hydrogens is 529 g/mol. The van der Waals surface area contributed by atoms with Crippen LogP contribution in [0.3, 0.4) is 0 Å². The summed E-state index contributed by atoms with van der Waals surface area (Å²) in [4.78, 5) is 24.8. The number of amides is 1. The topological polar surface area (TPSA) is 132 Å². The van der Waals surface area contributed by atoms with E-state index in [0.29, 0.717) is 53.6 Å². The molecule has 4 aliphatic rings. The molecule has 10 nitrogen and oxygen atoms in total. The summed E-state index contributed by atoms with van der Waals surface area (Å²) in [6.07, 6.45) is 5.23. The first kappa shape index (κ1) is 27.4. The molecule has 3 fully saturated rings. The van der Waals surface area contributed by atoms with Crippen molar-refractivity contribution >= 4 is 22.8 Å². The standard InChI is InChI=1S/C27H30FN5O5.ClH/c1-36-22-5-3-19-24(33-22)23(18(28)12-29-19)16(13-34)10-27-8-6-26(7-9-27,15-38-27)30-11-17-2-4-20-25(31-17)32-21(35)14-37-20;/h2-5,12,16,30,34H,6-11,13-15H2,1H3,(H,31,32,35);1H. The van der Waals surface area contributed by atoms with Crippen LogP contribution in [0.4, 0.5) is 10.2 Å². The van der Waals surface area contributed by atoms with Crippen LogP contribution in [0, 0.1) is 5.82 Å². The molecule has 2 bridgehead atoms. The molecule has 0 spiro atoms. The Kier molecular flexibility index (Phi) is 7.60. The fourth-order valence-electron chi connectivity index (χ4n) is 6.01. The van der Waals surface area contributed by atoms with Gasteiger partial charge in [-0.05, 0) is 37.5 Å². The Morgan fingerprint density at radius 1 is 1.21 bits per heavy atom. The van der Waals surface area contributed by atoms with Crippen LogP contribution in [0.2, 0.25) is 0 Å². The van der Waals surface area contributed by atoms with Crippen molar-refractivity contribution in [1.29, 1.82) is 0 Å². The van der Waals surface area contributed by atoms with E-state index in [4.69, 9.17) is 14.2 Å². The first-order valence-electron chi connectivity index (χ1n) is 12.9. The summed E-state index contributed by atoms with van der Waals surface area (Å²) >= 11 is 0. The van der Waals surface area contributed by atoms with Crippen molar-refractivity contribution in [1.82, 2.24) is 15.0 Å². The van der Waals surface area contributed by atoms with Crippen LogP contribution in [-0.2, 0) is 16.1 Å². The van der Waals surface area contributed by atoms with Crippen LogP contribution in [-0.4, -0.2) is 64.0 Å². The molecule has 1 saturated carbocycles. The number of aliphatic hydroxyl groups is 1. The number of aliphatic hydroxyl groups excluding tert-OH is 1. The minimum absolute atomic E-state index is 0. The lowest BCUT2D eigenvalue weighted by Crippen LogP contribution is -3.00. The number of rotatable bonds is 8. The Morgan fingerprint density at radius 2 is 2.03 bits per heavy atom. The largest absolute Gasteiger partial charge is 1.00 e. The van der Waals surface area contributed by atoms with Crippen LogP contribution >= 0.6 is 0 Å². The first-order valence-corrected chi connectivity index (χ1v) is 12.9. The zero-order chi connectivity index (χ0) is 26.3. The third-order valence-electron chi connectivity index (χ3n) is 8.23. The van der Waals surface area contributed by atoms with Gasteiger partial charge in [0, 0.05) is 30.4 Å². The molecule has 1 atom stereocenters. The van der Waals surface area contributed by atoms with Gasteiger partial charge in [-0.25, -0.2) is 14.4 Å². The maximum absolute atomic E-state index is 15.1. The highest BCUT2D eigenvalue weighted by Gasteiger charge is 2.53. The van der Waals surface area contributed by atoms with Crippen LogP contribution < -0.4 is 32.5 Å². The number of halogens is 2. The number of hydrogen-bond acceptors (Lipinski definition) is 8. The first-order chi connectivity index (χ1) is 18.4. The van der Waals surface area contributed by atoms with E-state index in [0.717, 1.165) is 31.4 Å². The summed E-state index contributed by atoms with van der Waals surface area (Å²) in [6, 6.07) is 7.20. The second kappa shape index (κ2) is 10.8. The maximum atomic E-state index is 15.1. The SMILES string of the molecule is COc1ccc2ncc(F)c(C(CO)CC34CCC([NH2+]Cc5ccc6c(n5)NC(=O)CO6)(CC3)CO4)c2n1.[Cl-]. The Balaban J connectivity index is 0.00000308. The van der Waals surface area contributed by atoms with Crippen molar-refractivity contribution < 1.29 is 46.2 Å². The van der Waals surface area contributed by atoms with Crippen LogP contribution in [0.15, 0.2) is 30.5 Å². The number of carbonyl (C=O) groups is 1. The summed E-state index contributed by atoms with van der Waals surface area (Å²) in [5.74, 6) is 0.251. The van der Waals surface area contributed by atoms with Gasteiger partial charge in [-0.1, -0.05) is 0 Å². The third kappa shape index (κ3) is 5.23. The molecule has 7 rings (SSSR count). The second-order valence-corrected chi connectivity index (χ2v) is 10.6. The number of aromatic nitrogens is 3.